The predicted octanol–water partition coefficient (Wildman–Crippen LogP) is 2.79. The molecule has 1 spiro atoms. The van der Waals surface area contributed by atoms with Gasteiger partial charge in [-0.25, -0.2) is 0 Å². The lowest BCUT2D eigenvalue weighted by atomic mass is 9.64. The Kier molecular flexibility index (Phi) is 5.83. The van der Waals surface area contributed by atoms with E-state index in [0.29, 0.717) is 12.1 Å². The van der Waals surface area contributed by atoms with Crippen molar-refractivity contribution in [3.63, 3.8) is 0 Å². The van der Waals surface area contributed by atoms with Crippen molar-refractivity contribution in [1.82, 2.24) is 14.8 Å². The Labute approximate surface area is 167 Å². The minimum atomic E-state index is 0.0786. The van der Waals surface area contributed by atoms with Gasteiger partial charge in [0.15, 0.2) is 0 Å². The molecule has 1 aromatic heterocycles. The largest absolute Gasteiger partial charge is 0.396 e. The molecule has 1 aromatic carbocycles. The highest BCUT2D eigenvalue weighted by molar-refractivity contribution is 5.94. The number of likely N-dealkylation sites (tertiary alicyclic amines) is 2. The number of aromatic amines is 1. The first-order chi connectivity index (χ1) is 13.7. The number of benzene rings is 1. The molecule has 1 amide bonds. The standard InChI is InChI=1S/C23H31N3O2/c27-18-21-17-26(22(28)20-6-11-24-16-20)15-10-23(21)8-13-25(14-9-23)12-7-19-4-2-1-3-5-19/h1-6,11,16,21,24,27H,7-10,12-15,17-18H2. The third-order valence-corrected chi connectivity index (χ3v) is 6.95. The van der Waals surface area contributed by atoms with Crippen molar-refractivity contribution < 1.29 is 9.90 Å². The quantitative estimate of drug-likeness (QED) is 0.837. The Morgan fingerprint density at radius 3 is 2.54 bits per heavy atom. The molecule has 2 saturated heterocycles. The topological polar surface area (TPSA) is 59.6 Å². The number of rotatable bonds is 5. The maximum Gasteiger partial charge on any atom is 0.255 e. The first kappa shape index (κ1) is 19.2. The summed E-state index contributed by atoms with van der Waals surface area (Å²) < 4.78 is 0. The van der Waals surface area contributed by atoms with Gasteiger partial charge in [0.2, 0.25) is 0 Å². The fourth-order valence-electron chi connectivity index (χ4n) is 5.00. The van der Waals surface area contributed by atoms with E-state index < -0.39 is 0 Å². The Balaban J connectivity index is 1.32. The van der Waals surface area contributed by atoms with Crippen molar-refractivity contribution in [2.45, 2.75) is 25.7 Å². The summed E-state index contributed by atoms with van der Waals surface area (Å²) in [5.41, 5.74) is 2.29. The van der Waals surface area contributed by atoms with Crippen molar-refractivity contribution in [1.29, 1.82) is 0 Å². The van der Waals surface area contributed by atoms with Crippen molar-refractivity contribution >= 4 is 5.91 Å². The summed E-state index contributed by atoms with van der Waals surface area (Å²) in [7, 11) is 0. The summed E-state index contributed by atoms with van der Waals surface area (Å²) in [4.78, 5) is 20.1. The third-order valence-electron chi connectivity index (χ3n) is 6.95. The lowest BCUT2D eigenvalue weighted by Crippen LogP contribution is -2.54. The van der Waals surface area contributed by atoms with Gasteiger partial charge >= 0.3 is 0 Å². The highest BCUT2D eigenvalue weighted by atomic mass is 16.3. The van der Waals surface area contributed by atoms with E-state index in [1.54, 1.807) is 12.4 Å². The van der Waals surface area contributed by atoms with E-state index >= 15 is 0 Å². The maximum absolute atomic E-state index is 12.7. The Hall–Kier alpha value is -2.11. The zero-order valence-corrected chi connectivity index (χ0v) is 16.5. The van der Waals surface area contributed by atoms with Gasteiger partial charge in [-0.05, 0) is 55.8 Å². The molecule has 0 aliphatic carbocycles. The second-order valence-electron chi connectivity index (χ2n) is 8.42. The van der Waals surface area contributed by atoms with E-state index in [0.717, 1.165) is 51.9 Å². The number of nitrogens with one attached hydrogen (secondary N) is 1. The van der Waals surface area contributed by atoms with Crippen molar-refractivity contribution in [2.24, 2.45) is 11.3 Å². The second kappa shape index (κ2) is 8.50. The van der Waals surface area contributed by atoms with Crippen LogP contribution in [-0.4, -0.2) is 65.1 Å². The minimum Gasteiger partial charge on any atom is -0.396 e. The molecule has 4 rings (SSSR count). The predicted molar refractivity (Wildman–Crippen MR) is 110 cm³/mol. The number of amides is 1. The number of H-pyrrole nitrogens is 1. The lowest BCUT2D eigenvalue weighted by Gasteiger charge is -2.51. The zero-order chi connectivity index (χ0) is 19.4. The molecule has 150 valence electrons. The number of piperidine rings is 2. The summed E-state index contributed by atoms with van der Waals surface area (Å²) >= 11 is 0. The molecule has 0 radical (unpaired) electrons. The van der Waals surface area contributed by atoms with E-state index in [9.17, 15) is 9.90 Å². The average molecular weight is 382 g/mol. The fourth-order valence-corrected chi connectivity index (χ4v) is 5.00. The van der Waals surface area contributed by atoms with Crippen LogP contribution >= 0.6 is 0 Å². The molecule has 1 unspecified atom stereocenters. The van der Waals surface area contributed by atoms with E-state index in [2.05, 4.69) is 40.2 Å². The van der Waals surface area contributed by atoms with Crippen LogP contribution in [0, 0.1) is 11.3 Å². The van der Waals surface area contributed by atoms with Gasteiger partial charge in [-0.1, -0.05) is 30.3 Å². The summed E-state index contributed by atoms with van der Waals surface area (Å²) in [6.45, 7) is 4.92. The van der Waals surface area contributed by atoms with Crippen LogP contribution in [0.25, 0.3) is 0 Å². The molecule has 2 aromatic rings. The lowest BCUT2D eigenvalue weighted by molar-refractivity contribution is -0.0349. The molecule has 1 atom stereocenters. The van der Waals surface area contributed by atoms with Crippen molar-refractivity contribution in [3.8, 4) is 0 Å². The van der Waals surface area contributed by atoms with E-state index in [4.69, 9.17) is 0 Å². The molecule has 28 heavy (non-hydrogen) atoms. The van der Waals surface area contributed by atoms with E-state index in [1.165, 1.54) is 5.56 Å². The number of aromatic nitrogens is 1. The molecule has 2 aliphatic rings. The number of carbonyl (C=O) groups excluding carboxylic acids is 1. The van der Waals surface area contributed by atoms with Crippen LogP contribution in [0.3, 0.4) is 0 Å². The molecule has 0 bridgehead atoms. The molecular weight excluding hydrogens is 350 g/mol. The van der Waals surface area contributed by atoms with Crippen molar-refractivity contribution in [2.75, 3.05) is 39.3 Å². The van der Waals surface area contributed by atoms with Crippen LogP contribution in [-0.2, 0) is 6.42 Å². The normalized spacial score (nSPS) is 22.5. The van der Waals surface area contributed by atoms with Crippen LogP contribution in [0.2, 0.25) is 0 Å². The number of aliphatic hydroxyl groups is 1. The summed E-state index contributed by atoms with van der Waals surface area (Å²) in [5.74, 6) is 0.260. The van der Waals surface area contributed by atoms with E-state index in [1.807, 2.05) is 11.0 Å². The van der Waals surface area contributed by atoms with Crippen molar-refractivity contribution in [3.05, 3.63) is 59.9 Å². The van der Waals surface area contributed by atoms with Gasteiger partial charge < -0.3 is 19.9 Å². The van der Waals surface area contributed by atoms with Gasteiger partial charge in [-0.3, -0.25) is 4.79 Å². The van der Waals surface area contributed by atoms with Gasteiger partial charge in [0.05, 0.1) is 5.56 Å². The van der Waals surface area contributed by atoms with Gasteiger partial charge in [0, 0.05) is 44.6 Å². The molecule has 3 heterocycles. The van der Waals surface area contributed by atoms with Crippen LogP contribution in [0.1, 0.15) is 35.2 Å². The number of carbonyl (C=O) groups is 1. The first-order valence-electron chi connectivity index (χ1n) is 10.5. The number of nitrogens with zero attached hydrogens (tertiary/aromatic N) is 2. The van der Waals surface area contributed by atoms with E-state index in [-0.39, 0.29) is 23.8 Å². The van der Waals surface area contributed by atoms with Crippen LogP contribution in [0.15, 0.2) is 48.8 Å². The number of hydrogen-bond donors (Lipinski definition) is 2. The monoisotopic (exact) mass is 381 g/mol. The molecular formula is C23H31N3O2. The smallest absolute Gasteiger partial charge is 0.255 e. The third kappa shape index (κ3) is 4.01. The molecule has 2 aliphatic heterocycles. The molecule has 0 saturated carbocycles. The fraction of sp³-hybridized carbons (Fsp3) is 0.522. The highest BCUT2D eigenvalue weighted by Crippen LogP contribution is 2.45. The molecule has 2 fully saturated rings. The number of hydrogen-bond acceptors (Lipinski definition) is 3. The van der Waals surface area contributed by atoms with Crippen LogP contribution in [0.4, 0.5) is 0 Å². The molecule has 5 nitrogen and oxygen atoms in total. The molecule has 2 N–H and O–H groups in total. The van der Waals surface area contributed by atoms with Gasteiger partial charge in [-0.2, -0.15) is 0 Å². The summed E-state index contributed by atoms with van der Waals surface area (Å²) in [6, 6.07) is 12.5. The van der Waals surface area contributed by atoms with Gasteiger partial charge in [0.1, 0.15) is 0 Å². The summed E-state index contributed by atoms with van der Waals surface area (Å²) in [6.07, 6.45) is 7.88. The summed E-state index contributed by atoms with van der Waals surface area (Å²) in [5, 5.41) is 10.1. The average Bonchev–Trinajstić information content (AvgIpc) is 3.29. The van der Waals surface area contributed by atoms with Gasteiger partial charge in [-0.15, -0.1) is 0 Å². The Morgan fingerprint density at radius 1 is 1.11 bits per heavy atom. The van der Waals surface area contributed by atoms with Crippen LogP contribution < -0.4 is 0 Å². The maximum atomic E-state index is 12.7. The first-order valence-corrected chi connectivity index (χ1v) is 10.5. The molecule has 5 heteroatoms. The Bertz CT molecular complexity index is 751. The van der Waals surface area contributed by atoms with Crippen LogP contribution in [0.5, 0.6) is 0 Å². The second-order valence-corrected chi connectivity index (χ2v) is 8.42. The highest BCUT2D eigenvalue weighted by Gasteiger charge is 2.45. The Morgan fingerprint density at radius 2 is 1.86 bits per heavy atom. The minimum absolute atomic E-state index is 0.0786. The zero-order valence-electron chi connectivity index (χ0n) is 16.5. The SMILES string of the molecule is O=C(c1cc[nH]c1)N1CCC2(CCN(CCc3ccccc3)CC2)C(CO)C1. The number of aliphatic hydroxyl groups excluding tert-OH is 1. The van der Waals surface area contributed by atoms with Gasteiger partial charge in [0.25, 0.3) is 5.91 Å².